The monoisotopic (exact) mass is 265 g/mol. The maximum atomic E-state index is 13.0. The average Bonchev–Trinajstić information content (AvgIpc) is 2.33. The smallest absolute Gasteiger partial charge is 0.219 e. The maximum absolute atomic E-state index is 13.0. The van der Waals surface area contributed by atoms with Crippen LogP contribution in [0, 0.1) is 19.7 Å². The largest absolute Gasteiger partial charge is 0.439 e. The van der Waals surface area contributed by atoms with E-state index in [0.717, 1.165) is 16.8 Å². The molecular weight excluding hydrogens is 253 g/mol. The molecular formula is C14H13ClFNO. The molecule has 2 nitrogen and oxygen atoms in total. The van der Waals surface area contributed by atoms with Gasteiger partial charge in [-0.25, -0.2) is 9.37 Å². The van der Waals surface area contributed by atoms with Crippen molar-refractivity contribution in [3.05, 3.63) is 53.0 Å². The third-order valence-electron chi connectivity index (χ3n) is 2.67. The molecule has 0 saturated carbocycles. The van der Waals surface area contributed by atoms with Crippen LogP contribution in [0.3, 0.4) is 0 Å². The van der Waals surface area contributed by atoms with E-state index >= 15 is 0 Å². The van der Waals surface area contributed by atoms with Gasteiger partial charge in [-0.1, -0.05) is 6.07 Å². The summed E-state index contributed by atoms with van der Waals surface area (Å²) in [6, 6.07) is 8.02. The van der Waals surface area contributed by atoms with E-state index in [9.17, 15) is 4.39 Å². The van der Waals surface area contributed by atoms with Gasteiger partial charge < -0.3 is 4.74 Å². The molecule has 0 bridgehead atoms. The molecule has 0 spiro atoms. The van der Waals surface area contributed by atoms with Crippen LogP contribution in [-0.4, -0.2) is 4.98 Å². The van der Waals surface area contributed by atoms with Crippen LogP contribution in [0.25, 0.3) is 0 Å². The minimum atomic E-state index is -0.276. The number of hydrogen-bond donors (Lipinski definition) is 0. The lowest BCUT2D eigenvalue weighted by Gasteiger charge is -2.09. The van der Waals surface area contributed by atoms with Gasteiger partial charge in [-0.15, -0.1) is 11.6 Å². The third-order valence-corrected chi connectivity index (χ3v) is 2.95. The second-order valence-electron chi connectivity index (χ2n) is 4.04. The summed E-state index contributed by atoms with van der Waals surface area (Å²) in [6.45, 7) is 3.67. The van der Waals surface area contributed by atoms with Gasteiger partial charge in [0.2, 0.25) is 5.88 Å². The predicted octanol–water partition coefficient (Wildman–Crippen LogP) is 4.37. The fraction of sp³-hybridized carbons (Fsp3) is 0.214. The van der Waals surface area contributed by atoms with Crippen molar-refractivity contribution in [3.63, 3.8) is 0 Å². The highest BCUT2D eigenvalue weighted by Gasteiger charge is 2.06. The second-order valence-corrected chi connectivity index (χ2v) is 4.31. The molecule has 0 radical (unpaired) electrons. The van der Waals surface area contributed by atoms with Crippen molar-refractivity contribution >= 4 is 11.6 Å². The summed E-state index contributed by atoms with van der Waals surface area (Å²) >= 11 is 5.76. The number of nitrogens with zero attached hydrogens (tertiary/aromatic N) is 1. The second kappa shape index (κ2) is 5.36. The minimum Gasteiger partial charge on any atom is -0.439 e. The van der Waals surface area contributed by atoms with E-state index < -0.39 is 0 Å². The van der Waals surface area contributed by atoms with Crippen molar-refractivity contribution in [2.75, 3.05) is 0 Å². The topological polar surface area (TPSA) is 22.1 Å². The van der Waals surface area contributed by atoms with Crippen molar-refractivity contribution < 1.29 is 9.13 Å². The van der Waals surface area contributed by atoms with Crippen LogP contribution in [0.2, 0.25) is 0 Å². The fourth-order valence-electron chi connectivity index (χ4n) is 1.60. The van der Waals surface area contributed by atoms with Crippen molar-refractivity contribution in [1.82, 2.24) is 4.98 Å². The Balaban J connectivity index is 2.26. The molecule has 0 N–H and O–H groups in total. The van der Waals surface area contributed by atoms with E-state index in [1.165, 1.54) is 12.1 Å². The SMILES string of the molecule is Cc1cc(F)ccc1Oc1ccc(CCl)c(C)n1. The molecule has 0 atom stereocenters. The standard InChI is InChI=1S/C14H13ClFNO/c1-9-7-12(16)4-5-13(9)18-14-6-3-11(8-15)10(2)17-14/h3-7H,8H2,1-2H3. The van der Waals surface area contributed by atoms with E-state index in [1.807, 2.05) is 13.0 Å². The van der Waals surface area contributed by atoms with E-state index in [1.54, 1.807) is 19.1 Å². The van der Waals surface area contributed by atoms with E-state index in [0.29, 0.717) is 17.5 Å². The first kappa shape index (κ1) is 12.8. The Morgan fingerprint density at radius 3 is 2.61 bits per heavy atom. The lowest BCUT2D eigenvalue weighted by molar-refractivity contribution is 0.456. The Kier molecular flexibility index (Phi) is 3.82. The normalized spacial score (nSPS) is 10.4. The Morgan fingerprint density at radius 2 is 2.00 bits per heavy atom. The molecule has 1 aromatic carbocycles. The molecule has 1 aromatic heterocycles. The van der Waals surface area contributed by atoms with Gasteiger partial charge in [0, 0.05) is 17.6 Å². The van der Waals surface area contributed by atoms with Gasteiger partial charge >= 0.3 is 0 Å². The Morgan fingerprint density at radius 1 is 1.22 bits per heavy atom. The number of aryl methyl sites for hydroxylation is 2. The number of rotatable bonds is 3. The van der Waals surface area contributed by atoms with Crippen molar-refractivity contribution in [2.45, 2.75) is 19.7 Å². The first-order valence-electron chi connectivity index (χ1n) is 5.56. The van der Waals surface area contributed by atoms with E-state index in [2.05, 4.69) is 4.98 Å². The number of halogens is 2. The first-order chi connectivity index (χ1) is 8.60. The van der Waals surface area contributed by atoms with Gasteiger partial charge in [-0.2, -0.15) is 0 Å². The maximum Gasteiger partial charge on any atom is 0.219 e. The summed E-state index contributed by atoms with van der Waals surface area (Å²) in [5, 5.41) is 0. The molecule has 0 aliphatic rings. The van der Waals surface area contributed by atoms with Gasteiger partial charge in [-0.3, -0.25) is 0 Å². The van der Waals surface area contributed by atoms with Crippen LogP contribution in [0.5, 0.6) is 11.6 Å². The highest BCUT2D eigenvalue weighted by Crippen LogP contribution is 2.25. The van der Waals surface area contributed by atoms with Gasteiger partial charge in [0.1, 0.15) is 11.6 Å². The molecule has 4 heteroatoms. The van der Waals surface area contributed by atoms with Crippen LogP contribution >= 0.6 is 11.6 Å². The molecule has 2 rings (SSSR count). The molecule has 0 aliphatic carbocycles. The summed E-state index contributed by atoms with van der Waals surface area (Å²) in [6.07, 6.45) is 0. The van der Waals surface area contributed by atoms with Crippen LogP contribution in [0.4, 0.5) is 4.39 Å². The molecule has 0 amide bonds. The van der Waals surface area contributed by atoms with Gasteiger partial charge in [-0.05, 0) is 43.2 Å². The molecule has 2 aromatic rings. The van der Waals surface area contributed by atoms with Gasteiger partial charge in [0.05, 0.1) is 0 Å². The Hall–Kier alpha value is -1.61. The molecule has 18 heavy (non-hydrogen) atoms. The number of alkyl halides is 1. The minimum absolute atomic E-state index is 0.276. The molecule has 0 saturated heterocycles. The lowest BCUT2D eigenvalue weighted by atomic mass is 10.2. The fourth-order valence-corrected chi connectivity index (χ4v) is 1.89. The van der Waals surface area contributed by atoms with E-state index in [-0.39, 0.29) is 5.82 Å². The number of benzene rings is 1. The number of pyridine rings is 1. The zero-order chi connectivity index (χ0) is 13.1. The van der Waals surface area contributed by atoms with Crippen molar-refractivity contribution in [2.24, 2.45) is 0 Å². The zero-order valence-electron chi connectivity index (χ0n) is 10.2. The highest BCUT2D eigenvalue weighted by atomic mass is 35.5. The average molecular weight is 266 g/mol. The molecule has 0 unspecified atom stereocenters. The Bertz CT molecular complexity index is 572. The quantitative estimate of drug-likeness (QED) is 0.769. The van der Waals surface area contributed by atoms with Gasteiger partial charge in [0.15, 0.2) is 0 Å². The molecule has 1 heterocycles. The molecule has 0 fully saturated rings. The Labute approximate surface area is 110 Å². The van der Waals surface area contributed by atoms with Crippen molar-refractivity contribution in [1.29, 1.82) is 0 Å². The summed E-state index contributed by atoms with van der Waals surface area (Å²) in [7, 11) is 0. The number of aromatic nitrogens is 1. The zero-order valence-corrected chi connectivity index (χ0v) is 11.0. The number of ether oxygens (including phenoxy) is 1. The summed E-state index contributed by atoms with van der Waals surface area (Å²) < 4.78 is 18.6. The van der Waals surface area contributed by atoms with Crippen molar-refractivity contribution in [3.8, 4) is 11.6 Å². The summed E-state index contributed by atoms with van der Waals surface area (Å²) in [4.78, 5) is 4.30. The first-order valence-corrected chi connectivity index (χ1v) is 6.10. The van der Waals surface area contributed by atoms with Crippen LogP contribution < -0.4 is 4.74 Å². The molecule has 94 valence electrons. The van der Waals surface area contributed by atoms with Gasteiger partial charge in [0.25, 0.3) is 0 Å². The van der Waals surface area contributed by atoms with E-state index in [4.69, 9.17) is 16.3 Å². The van der Waals surface area contributed by atoms with Crippen LogP contribution in [0.1, 0.15) is 16.8 Å². The highest BCUT2D eigenvalue weighted by molar-refractivity contribution is 6.17. The van der Waals surface area contributed by atoms with Crippen LogP contribution in [-0.2, 0) is 5.88 Å². The summed E-state index contributed by atoms with van der Waals surface area (Å²) in [5.74, 6) is 1.23. The van der Waals surface area contributed by atoms with Crippen LogP contribution in [0.15, 0.2) is 30.3 Å². The number of hydrogen-bond acceptors (Lipinski definition) is 2. The third kappa shape index (κ3) is 2.79. The lowest BCUT2D eigenvalue weighted by Crippen LogP contribution is -1.95. The molecule has 0 aliphatic heterocycles. The summed E-state index contributed by atoms with van der Waals surface area (Å²) in [5.41, 5.74) is 2.54. The predicted molar refractivity (Wildman–Crippen MR) is 69.7 cm³/mol.